The normalized spacial score (nSPS) is 10.1. The van der Waals surface area contributed by atoms with Gasteiger partial charge in [0.05, 0.1) is 9.71 Å². The number of ether oxygens (including phenoxy) is 1. The van der Waals surface area contributed by atoms with Gasteiger partial charge in [-0.05, 0) is 19.1 Å². The predicted octanol–water partition coefficient (Wildman–Crippen LogP) is 4.23. The van der Waals surface area contributed by atoms with Gasteiger partial charge in [-0.1, -0.05) is 19.9 Å². The van der Waals surface area contributed by atoms with Crippen molar-refractivity contribution in [3.05, 3.63) is 23.2 Å². The Bertz CT molecular complexity index is 456. The molecule has 0 bridgehead atoms. The molecule has 2 aromatic rings. The highest BCUT2D eigenvalue weighted by Gasteiger charge is 2.10. The van der Waals surface area contributed by atoms with Crippen molar-refractivity contribution < 1.29 is 13.5 Å². The van der Waals surface area contributed by atoms with Crippen molar-refractivity contribution in [1.29, 1.82) is 0 Å². The van der Waals surface area contributed by atoms with Gasteiger partial charge in [-0.3, -0.25) is 0 Å². The molecule has 88 valence electrons. The summed E-state index contributed by atoms with van der Waals surface area (Å²) in [5.41, 5.74) is 0.510. The number of fused-ring (bicyclic) bond motifs is 1. The highest BCUT2D eigenvalue weighted by molar-refractivity contribution is 7.18. The summed E-state index contributed by atoms with van der Waals surface area (Å²) >= 11 is 1.46. The van der Waals surface area contributed by atoms with Crippen LogP contribution in [-0.4, -0.2) is 11.6 Å². The van der Waals surface area contributed by atoms with Gasteiger partial charge in [0.1, 0.15) is 5.52 Å². The van der Waals surface area contributed by atoms with E-state index in [0.29, 0.717) is 5.52 Å². The molecule has 0 N–H and O–H groups in total. The van der Waals surface area contributed by atoms with E-state index in [1.54, 1.807) is 6.07 Å². The van der Waals surface area contributed by atoms with Gasteiger partial charge in [-0.2, -0.15) is 8.78 Å². The van der Waals surface area contributed by atoms with E-state index in [-0.39, 0.29) is 5.75 Å². The molecule has 0 radical (unpaired) electrons. The second-order valence-corrected chi connectivity index (χ2v) is 3.95. The minimum absolute atomic E-state index is 0.141. The van der Waals surface area contributed by atoms with Gasteiger partial charge in [0, 0.05) is 0 Å². The summed E-state index contributed by atoms with van der Waals surface area (Å²) < 4.78 is 29.2. The molecule has 0 amide bonds. The third-order valence-corrected chi connectivity index (χ3v) is 2.64. The van der Waals surface area contributed by atoms with Crippen molar-refractivity contribution in [2.45, 2.75) is 27.4 Å². The van der Waals surface area contributed by atoms with Crippen LogP contribution in [0.2, 0.25) is 0 Å². The Morgan fingerprint density at radius 2 is 2.00 bits per heavy atom. The van der Waals surface area contributed by atoms with Crippen molar-refractivity contribution in [1.82, 2.24) is 4.98 Å². The van der Waals surface area contributed by atoms with Crippen LogP contribution in [0.1, 0.15) is 18.9 Å². The number of rotatable bonds is 2. The molecule has 16 heavy (non-hydrogen) atoms. The zero-order valence-electron chi connectivity index (χ0n) is 9.33. The second-order valence-electron chi connectivity index (χ2n) is 2.71. The van der Waals surface area contributed by atoms with Gasteiger partial charge in [-0.15, -0.1) is 11.3 Å². The third-order valence-electron chi connectivity index (χ3n) is 1.70. The van der Waals surface area contributed by atoms with E-state index in [1.807, 2.05) is 26.8 Å². The molecule has 0 unspecified atom stereocenters. The van der Waals surface area contributed by atoms with Gasteiger partial charge in [0.2, 0.25) is 0 Å². The van der Waals surface area contributed by atoms with Gasteiger partial charge >= 0.3 is 6.61 Å². The Balaban J connectivity index is 0.000000606. The molecule has 0 saturated carbocycles. The molecule has 1 heterocycles. The zero-order chi connectivity index (χ0) is 12.1. The van der Waals surface area contributed by atoms with Crippen LogP contribution >= 0.6 is 11.3 Å². The lowest BCUT2D eigenvalue weighted by atomic mass is 10.3. The first-order valence-electron chi connectivity index (χ1n) is 4.98. The number of nitrogens with zero attached hydrogens (tertiary/aromatic N) is 1. The average molecular weight is 245 g/mol. The summed E-state index contributed by atoms with van der Waals surface area (Å²) in [6.07, 6.45) is 0. The van der Waals surface area contributed by atoms with Gasteiger partial charge in [0.25, 0.3) is 0 Å². The fraction of sp³-hybridized carbons (Fsp3) is 0.364. The van der Waals surface area contributed by atoms with E-state index in [9.17, 15) is 8.78 Å². The van der Waals surface area contributed by atoms with Crippen LogP contribution in [-0.2, 0) is 0 Å². The van der Waals surface area contributed by atoms with Crippen LogP contribution in [0.5, 0.6) is 5.75 Å². The standard InChI is InChI=1S/C9H7F2NOS.C2H6/c1-5-12-8-6(13-9(10)11)3-2-4-7(8)14-5;1-2/h2-4,9H,1H3;1-2H3. The Morgan fingerprint density at radius 3 is 2.62 bits per heavy atom. The Labute approximate surface area is 96.9 Å². The molecule has 1 aromatic heterocycles. The highest BCUT2D eigenvalue weighted by atomic mass is 32.1. The van der Waals surface area contributed by atoms with Crippen LogP contribution in [0, 0.1) is 6.92 Å². The Hall–Kier alpha value is -1.23. The number of aryl methyl sites for hydroxylation is 1. The molecular weight excluding hydrogens is 232 g/mol. The largest absolute Gasteiger partial charge is 0.432 e. The number of thiazole rings is 1. The SMILES string of the molecule is CC.Cc1nc2c(OC(F)F)cccc2s1. The first-order valence-corrected chi connectivity index (χ1v) is 5.79. The molecule has 0 aliphatic heterocycles. The molecule has 0 spiro atoms. The van der Waals surface area contributed by atoms with Crippen molar-refractivity contribution in [2.75, 3.05) is 0 Å². The smallest absolute Gasteiger partial charge is 0.387 e. The minimum atomic E-state index is -2.80. The van der Waals surface area contributed by atoms with Crippen LogP contribution in [0.4, 0.5) is 8.78 Å². The van der Waals surface area contributed by atoms with Crippen molar-refractivity contribution >= 4 is 21.6 Å². The van der Waals surface area contributed by atoms with E-state index in [0.717, 1.165) is 9.71 Å². The molecule has 2 rings (SSSR count). The number of hydrogen-bond acceptors (Lipinski definition) is 3. The summed E-state index contributed by atoms with van der Waals surface area (Å²) in [5.74, 6) is 0.141. The molecule has 5 heteroatoms. The van der Waals surface area contributed by atoms with Crippen LogP contribution < -0.4 is 4.74 Å². The maximum absolute atomic E-state index is 12.0. The zero-order valence-corrected chi connectivity index (χ0v) is 10.1. The third kappa shape index (κ3) is 2.88. The number of aromatic nitrogens is 1. The lowest BCUT2D eigenvalue weighted by Gasteiger charge is -2.03. The Kier molecular flexibility index (Phi) is 4.61. The molecule has 0 atom stereocenters. The van der Waals surface area contributed by atoms with Crippen molar-refractivity contribution in [3.8, 4) is 5.75 Å². The molecular formula is C11H13F2NOS. The highest BCUT2D eigenvalue weighted by Crippen LogP contribution is 2.30. The first kappa shape index (κ1) is 12.8. The molecule has 0 saturated heterocycles. The fourth-order valence-corrected chi connectivity index (χ4v) is 2.07. The van der Waals surface area contributed by atoms with Crippen LogP contribution in [0.3, 0.4) is 0 Å². The quantitative estimate of drug-likeness (QED) is 0.789. The predicted molar refractivity (Wildman–Crippen MR) is 62.3 cm³/mol. The van der Waals surface area contributed by atoms with Gasteiger partial charge in [0.15, 0.2) is 5.75 Å². The summed E-state index contributed by atoms with van der Waals surface area (Å²) in [7, 11) is 0. The maximum Gasteiger partial charge on any atom is 0.387 e. The van der Waals surface area contributed by atoms with Crippen molar-refractivity contribution in [3.63, 3.8) is 0 Å². The number of hydrogen-bond donors (Lipinski definition) is 0. The van der Waals surface area contributed by atoms with Gasteiger partial charge < -0.3 is 4.74 Å². The second kappa shape index (κ2) is 5.75. The van der Waals surface area contributed by atoms with Crippen LogP contribution in [0.25, 0.3) is 10.2 Å². The van der Waals surface area contributed by atoms with E-state index >= 15 is 0 Å². The number of halogens is 2. The van der Waals surface area contributed by atoms with E-state index in [4.69, 9.17) is 0 Å². The Morgan fingerprint density at radius 1 is 1.31 bits per heavy atom. The monoisotopic (exact) mass is 245 g/mol. The maximum atomic E-state index is 12.0. The summed E-state index contributed by atoms with van der Waals surface area (Å²) in [5, 5.41) is 0.838. The van der Waals surface area contributed by atoms with Crippen molar-refractivity contribution in [2.24, 2.45) is 0 Å². The van der Waals surface area contributed by atoms with E-state index in [1.165, 1.54) is 17.4 Å². The molecule has 0 aliphatic rings. The number of para-hydroxylation sites is 1. The van der Waals surface area contributed by atoms with Crippen LogP contribution in [0.15, 0.2) is 18.2 Å². The van der Waals surface area contributed by atoms with E-state index in [2.05, 4.69) is 9.72 Å². The lowest BCUT2D eigenvalue weighted by Crippen LogP contribution is -2.02. The number of benzene rings is 1. The molecule has 0 fully saturated rings. The number of alkyl halides is 2. The van der Waals surface area contributed by atoms with E-state index < -0.39 is 6.61 Å². The summed E-state index contributed by atoms with van der Waals surface area (Å²) in [6.45, 7) is 3.03. The minimum Gasteiger partial charge on any atom is -0.432 e. The lowest BCUT2D eigenvalue weighted by molar-refractivity contribution is -0.0489. The topological polar surface area (TPSA) is 22.1 Å². The molecule has 2 nitrogen and oxygen atoms in total. The molecule has 0 aliphatic carbocycles. The average Bonchev–Trinajstić information content (AvgIpc) is 2.62. The summed E-state index contributed by atoms with van der Waals surface area (Å²) in [4.78, 5) is 4.13. The molecule has 1 aromatic carbocycles. The van der Waals surface area contributed by atoms with Gasteiger partial charge in [-0.25, -0.2) is 4.98 Å². The fourth-order valence-electron chi connectivity index (χ4n) is 1.23. The first-order chi connectivity index (χ1) is 7.66. The summed E-state index contributed by atoms with van der Waals surface area (Å²) in [6, 6.07) is 5.00.